The molecule has 0 bridgehead atoms. The van der Waals surface area contributed by atoms with Crippen LogP contribution in [0.25, 0.3) is 0 Å². The predicted molar refractivity (Wildman–Crippen MR) is 136 cm³/mol. The standard InChI is InChI=1S/C27H26ClFN4O3/c28-21-6-4-18(5-7-21)16-31-10-11-32-25-9-8-23(33(35)36)13-20(25)14-24(26(32)17-31)27(34)30-15-19-2-1-3-22(29)12-19/h1-9,12-13,24,26H,10-11,14-17H2,(H,30,34)/t24-,26-/m1/s1. The smallest absolute Gasteiger partial charge is 0.269 e. The van der Waals surface area contributed by atoms with Crippen molar-refractivity contribution in [1.29, 1.82) is 0 Å². The molecule has 3 aromatic rings. The van der Waals surface area contributed by atoms with Gasteiger partial charge in [0.2, 0.25) is 5.91 Å². The molecular weight excluding hydrogens is 483 g/mol. The van der Waals surface area contributed by atoms with E-state index in [1.165, 1.54) is 18.2 Å². The average molecular weight is 509 g/mol. The van der Waals surface area contributed by atoms with Crippen molar-refractivity contribution in [3.05, 3.63) is 104 Å². The molecule has 7 nitrogen and oxygen atoms in total. The molecule has 1 N–H and O–H groups in total. The van der Waals surface area contributed by atoms with Crippen LogP contribution in [0, 0.1) is 21.8 Å². The number of benzene rings is 3. The van der Waals surface area contributed by atoms with E-state index in [2.05, 4.69) is 15.1 Å². The number of rotatable bonds is 6. The first-order valence-electron chi connectivity index (χ1n) is 11.9. The van der Waals surface area contributed by atoms with Gasteiger partial charge >= 0.3 is 0 Å². The van der Waals surface area contributed by atoms with Gasteiger partial charge < -0.3 is 10.2 Å². The molecule has 36 heavy (non-hydrogen) atoms. The van der Waals surface area contributed by atoms with Crippen molar-refractivity contribution >= 4 is 28.9 Å². The minimum atomic E-state index is -0.407. The second kappa shape index (κ2) is 10.2. The van der Waals surface area contributed by atoms with E-state index in [0.29, 0.717) is 30.1 Å². The summed E-state index contributed by atoms with van der Waals surface area (Å²) in [6, 6.07) is 18.7. The maximum Gasteiger partial charge on any atom is 0.269 e. The highest BCUT2D eigenvalue weighted by atomic mass is 35.5. The van der Waals surface area contributed by atoms with Crippen LogP contribution in [0.15, 0.2) is 66.7 Å². The molecule has 0 radical (unpaired) electrons. The molecule has 186 valence electrons. The summed E-state index contributed by atoms with van der Waals surface area (Å²) >= 11 is 6.03. The predicted octanol–water partition coefficient (Wildman–Crippen LogP) is 4.57. The molecule has 3 aromatic carbocycles. The number of carbonyl (C=O) groups excluding carboxylic acids is 1. The third-order valence-electron chi connectivity index (χ3n) is 7.00. The Hall–Kier alpha value is -3.49. The van der Waals surface area contributed by atoms with E-state index in [0.717, 1.165) is 29.9 Å². The number of hydrogen-bond acceptors (Lipinski definition) is 5. The summed E-state index contributed by atoms with van der Waals surface area (Å²) in [6.45, 7) is 3.14. The van der Waals surface area contributed by atoms with Gasteiger partial charge in [-0.15, -0.1) is 0 Å². The zero-order valence-corrected chi connectivity index (χ0v) is 20.3. The van der Waals surface area contributed by atoms with Crippen LogP contribution >= 0.6 is 11.6 Å². The van der Waals surface area contributed by atoms with Crippen molar-refractivity contribution < 1.29 is 14.1 Å². The zero-order valence-electron chi connectivity index (χ0n) is 19.6. The summed E-state index contributed by atoms with van der Waals surface area (Å²) in [7, 11) is 0. The average Bonchev–Trinajstić information content (AvgIpc) is 2.87. The molecule has 2 atom stereocenters. The number of nitro groups is 1. The summed E-state index contributed by atoms with van der Waals surface area (Å²) in [6.07, 6.45) is 0.405. The summed E-state index contributed by atoms with van der Waals surface area (Å²) in [5, 5.41) is 15.0. The lowest BCUT2D eigenvalue weighted by molar-refractivity contribution is -0.384. The number of amides is 1. The van der Waals surface area contributed by atoms with Crippen LogP contribution in [0.2, 0.25) is 5.02 Å². The van der Waals surface area contributed by atoms with E-state index in [4.69, 9.17) is 11.6 Å². The van der Waals surface area contributed by atoms with E-state index in [1.807, 2.05) is 24.3 Å². The fourth-order valence-electron chi connectivity index (χ4n) is 5.24. The van der Waals surface area contributed by atoms with Crippen LogP contribution in [-0.4, -0.2) is 41.4 Å². The van der Waals surface area contributed by atoms with Crippen molar-refractivity contribution in [2.75, 3.05) is 24.5 Å². The molecule has 1 fully saturated rings. The zero-order chi connectivity index (χ0) is 25.2. The Kier molecular flexibility index (Phi) is 6.89. The normalized spacial score (nSPS) is 19.3. The highest BCUT2D eigenvalue weighted by Crippen LogP contribution is 2.38. The number of hydrogen-bond donors (Lipinski definition) is 1. The Morgan fingerprint density at radius 3 is 2.64 bits per heavy atom. The number of halogens is 2. The number of nitro benzene ring substituents is 1. The second-order valence-electron chi connectivity index (χ2n) is 9.35. The molecule has 2 aliphatic rings. The molecular formula is C27H26ClFN4O3. The van der Waals surface area contributed by atoms with Gasteiger partial charge in [-0.05, 0) is 53.4 Å². The maximum absolute atomic E-state index is 13.6. The number of fused-ring (bicyclic) bond motifs is 3. The van der Waals surface area contributed by atoms with Crippen LogP contribution in [0.1, 0.15) is 16.7 Å². The second-order valence-corrected chi connectivity index (χ2v) is 9.79. The van der Waals surface area contributed by atoms with Crippen LogP contribution in [-0.2, 0) is 24.3 Å². The Balaban J connectivity index is 1.39. The van der Waals surface area contributed by atoms with Gasteiger partial charge in [-0.25, -0.2) is 4.39 Å². The lowest BCUT2D eigenvalue weighted by Crippen LogP contribution is -2.60. The Labute approximate surface area is 213 Å². The Bertz CT molecular complexity index is 1290. The summed E-state index contributed by atoms with van der Waals surface area (Å²) in [5.41, 5.74) is 3.60. The van der Waals surface area contributed by atoms with Crippen molar-refractivity contribution in [1.82, 2.24) is 10.2 Å². The molecule has 0 saturated carbocycles. The Morgan fingerprint density at radius 1 is 1.08 bits per heavy atom. The molecule has 9 heteroatoms. The Morgan fingerprint density at radius 2 is 1.89 bits per heavy atom. The van der Waals surface area contributed by atoms with E-state index in [9.17, 15) is 19.3 Å². The van der Waals surface area contributed by atoms with Crippen molar-refractivity contribution in [2.45, 2.75) is 25.6 Å². The molecule has 0 aromatic heterocycles. The number of nitrogens with zero attached hydrogens (tertiary/aromatic N) is 3. The van der Waals surface area contributed by atoms with Gasteiger partial charge in [0.1, 0.15) is 5.82 Å². The van der Waals surface area contributed by atoms with Crippen molar-refractivity contribution in [3.63, 3.8) is 0 Å². The summed E-state index contributed by atoms with van der Waals surface area (Å²) in [5.74, 6) is -0.891. The number of anilines is 1. The number of piperazine rings is 1. The van der Waals surface area contributed by atoms with Crippen LogP contribution in [0.5, 0.6) is 0 Å². The third-order valence-corrected chi connectivity index (χ3v) is 7.25. The molecule has 5 rings (SSSR count). The minimum Gasteiger partial charge on any atom is -0.365 e. The topological polar surface area (TPSA) is 78.7 Å². The van der Waals surface area contributed by atoms with Crippen LogP contribution < -0.4 is 10.2 Å². The highest BCUT2D eigenvalue weighted by molar-refractivity contribution is 6.30. The first-order chi connectivity index (χ1) is 17.4. The van der Waals surface area contributed by atoms with Crippen molar-refractivity contribution in [3.8, 4) is 0 Å². The number of carbonyl (C=O) groups is 1. The molecule has 2 aliphatic heterocycles. The van der Waals surface area contributed by atoms with E-state index < -0.39 is 10.8 Å². The van der Waals surface area contributed by atoms with Crippen LogP contribution in [0.3, 0.4) is 0 Å². The number of nitrogens with one attached hydrogen (secondary N) is 1. The first-order valence-corrected chi connectivity index (χ1v) is 12.3. The maximum atomic E-state index is 13.6. The lowest BCUT2D eigenvalue weighted by Gasteiger charge is -2.49. The van der Waals surface area contributed by atoms with Crippen LogP contribution in [0.4, 0.5) is 15.8 Å². The summed E-state index contributed by atoms with van der Waals surface area (Å²) < 4.78 is 13.6. The van der Waals surface area contributed by atoms with Gasteiger partial charge in [-0.2, -0.15) is 0 Å². The van der Waals surface area contributed by atoms with Gasteiger partial charge in [-0.1, -0.05) is 35.9 Å². The SMILES string of the molecule is O=C(NCc1cccc(F)c1)[C@@H]1Cc2cc([N+](=O)[O-])ccc2N2CCN(Cc3ccc(Cl)cc3)C[C@H]12. The third kappa shape index (κ3) is 5.20. The molecule has 2 heterocycles. The first kappa shape index (κ1) is 24.2. The van der Waals surface area contributed by atoms with Gasteiger partial charge in [0.25, 0.3) is 5.69 Å². The number of non-ortho nitro benzene ring substituents is 1. The van der Waals surface area contributed by atoms with Gasteiger partial charge in [0.05, 0.1) is 16.9 Å². The molecule has 0 spiro atoms. The van der Waals surface area contributed by atoms with Gasteiger partial charge in [-0.3, -0.25) is 19.8 Å². The summed E-state index contributed by atoms with van der Waals surface area (Å²) in [4.78, 5) is 29.0. The molecule has 1 amide bonds. The minimum absolute atomic E-state index is 0.0208. The van der Waals surface area contributed by atoms with E-state index in [-0.39, 0.29) is 30.0 Å². The molecule has 0 aliphatic carbocycles. The van der Waals surface area contributed by atoms with E-state index >= 15 is 0 Å². The monoisotopic (exact) mass is 508 g/mol. The van der Waals surface area contributed by atoms with Gasteiger partial charge in [0, 0.05) is 55.6 Å². The fourth-order valence-corrected chi connectivity index (χ4v) is 5.37. The lowest BCUT2D eigenvalue weighted by atomic mass is 9.83. The fraction of sp³-hybridized carbons (Fsp3) is 0.296. The molecule has 0 unspecified atom stereocenters. The van der Waals surface area contributed by atoms with Crippen molar-refractivity contribution in [2.24, 2.45) is 5.92 Å². The van der Waals surface area contributed by atoms with E-state index in [1.54, 1.807) is 24.3 Å². The quantitative estimate of drug-likeness (QED) is 0.390. The van der Waals surface area contributed by atoms with Gasteiger partial charge in [0.15, 0.2) is 0 Å². The molecule has 1 saturated heterocycles. The highest BCUT2D eigenvalue weighted by Gasteiger charge is 2.41. The largest absolute Gasteiger partial charge is 0.365 e.